The lowest BCUT2D eigenvalue weighted by Gasteiger charge is -2.36. The quantitative estimate of drug-likeness (QED) is 0.448. The molecule has 0 aliphatic rings. The third-order valence-corrected chi connectivity index (χ3v) is 3.86. The number of nitrogens with zero attached hydrogens (tertiary/aromatic N) is 1. The Morgan fingerprint density at radius 2 is 1.00 bits per heavy atom. The van der Waals surface area contributed by atoms with Gasteiger partial charge in [0.2, 0.25) is 0 Å². The average molecular weight is 481 g/mol. The molecule has 0 saturated carbocycles. The maximum Gasteiger partial charge on any atom is 0.462 e. The summed E-state index contributed by atoms with van der Waals surface area (Å²) >= 11 is 0. The number of halogens is 11. The smallest absolute Gasteiger partial charge is 0.276 e. The van der Waals surface area contributed by atoms with Gasteiger partial charge in [-0.2, -0.15) is 48.3 Å². The topological polar surface area (TPSA) is 29.5 Å². The van der Waals surface area contributed by atoms with E-state index in [1.54, 1.807) is 0 Å². The van der Waals surface area contributed by atoms with Crippen molar-refractivity contribution in [3.63, 3.8) is 0 Å². The lowest BCUT2D eigenvalue weighted by molar-refractivity contribution is -0.472. The first-order chi connectivity index (χ1) is 14.5. The summed E-state index contributed by atoms with van der Waals surface area (Å²) in [6.07, 6.45) is -21.0. The third-order valence-electron chi connectivity index (χ3n) is 3.86. The molecule has 1 atom stereocenters. The van der Waals surface area contributed by atoms with Crippen LogP contribution in [0.1, 0.15) is 0 Å². The predicted octanol–water partition coefficient (Wildman–Crippen LogP) is 6.39. The molecule has 14 heteroatoms. The minimum Gasteiger partial charge on any atom is -0.276 e. The number of benzene rings is 2. The first-order valence-electron chi connectivity index (χ1n) is 8.18. The summed E-state index contributed by atoms with van der Waals surface area (Å²) in [6, 6.07) is 10.8. The zero-order valence-electron chi connectivity index (χ0n) is 15.2. The zero-order chi connectivity index (χ0) is 24.6. The number of ether oxygens (including phenoxy) is 1. The predicted molar refractivity (Wildman–Crippen MR) is 87.0 cm³/mol. The number of anilines is 2. The van der Waals surface area contributed by atoms with Gasteiger partial charge in [-0.25, -0.2) is 0 Å². The van der Waals surface area contributed by atoms with E-state index in [4.69, 9.17) is 0 Å². The molecular formula is C18H10F11NO2. The van der Waals surface area contributed by atoms with Crippen LogP contribution in [-0.2, 0) is 9.53 Å². The van der Waals surface area contributed by atoms with Gasteiger partial charge in [-0.3, -0.25) is 14.4 Å². The van der Waals surface area contributed by atoms with E-state index in [1.165, 1.54) is 12.1 Å². The van der Waals surface area contributed by atoms with Gasteiger partial charge < -0.3 is 0 Å². The van der Waals surface area contributed by atoms with E-state index in [9.17, 15) is 53.1 Å². The summed E-state index contributed by atoms with van der Waals surface area (Å²) in [7, 11) is 0. The first-order valence-corrected chi connectivity index (χ1v) is 8.18. The van der Waals surface area contributed by atoms with Crippen LogP contribution in [0.5, 0.6) is 0 Å². The first kappa shape index (κ1) is 25.4. The second kappa shape index (κ2) is 8.22. The summed E-state index contributed by atoms with van der Waals surface area (Å²) < 4.78 is 147. The molecule has 176 valence electrons. The van der Waals surface area contributed by atoms with Crippen molar-refractivity contribution in [1.29, 1.82) is 0 Å². The lowest BCUT2D eigenvalue weighted by Crippen LogP contribution is -2.63. The summed E-state index contributed by atoms with van der Waals surface area (Å²) in [5.41, 5.74) is -1.13. The number of rotatable bonds is 6. The number of hydrogen-bond donors (Lipinski definition) is 0. The number of carbonyl (C=O) groups is 1. The molecule has 0 heterocycles. The van der Waals surface area contributed by atoms with Crippen molar-refractivity contribution in [2.75, 3.05) is 4.90 Å². The Bertz CT molecular complexity index is 890. The second-order valence-electron chi connectivity index (χ2n) is 6.10. The Kier molecular flexibility index (Phi) is 6.52. The van der Waals surface area contributed by atoms with Gasteiger partial charge in [0.1, 0.15) is 0 Å². The molecule has 32 heavy (non-hydrogen) atoms. The van der Waals surface area contributed by atoms with Gasteiger partial charge in [0.25, 0.3) is 0 Å². The Labute approximate surface area is 172 Å². The fraction of sp³-hybridized carbons (Fsp3) is 0.278. The lowest BCUT2D eigenvalue weighted by atomic mass is 10.1. The van der Waals surface area contributed by atoms with Crippen LogP contribution in [0.4, 0.5) is 59.7 Å². The second-order valence-corrected chi connectivity index (χ2v) is 6.10. The maximum atomic E-state index is 14.8. The molecule has 2 rings (SSSR count). The molecule has 0 radical (unpaired) electrons. The Morgan fingerprint density at radius 1 is 0.625 bits per heavy atom. The fourth-order valence-electron chi connectivity index (χ4n) is 2.31. The van der Waals surface area contributed by atoms with Gasteiger partial charge in [0.05, 0.1) is 0 Å². The van der Waals surface area contributed by atoms with Crippen LogP contribution in [-0.4, -0.2) is 36.1 Å². The Hall–Kier alpha value is -2.90. The van der Waals surface area contributed by atoms with Gasteiger partial charge in [-0.15, -0.1) is 0 Å². The summed E-state index contributed by atoms with van der Waals surface area (Å²) in [5.74, 6) is -16.6. The molecule has 2 aromatic rings. The van der Waals surface area contributed by atoms with Crippen molar-refractivity contribution in [1.82, 2.24) is 0 Å². The van der Waals surface area contributed by atoms with Crippen molar-refractivity contribution in [2.45, 2.75) is 30.2 Å². The number of hydrogen-bond acceptors (Lipinski definition) is 2. The van der Waals surface area contributed by atoms with Crippen molar-refractivity contribution in [2.24, 2.45) is 0 Å². The molecular weight excluding hydrogens is 471 g/mol. The standard InChI is InChI=1S/C18H10F11NO2/c19-14(16(22,23)24,32-18(28,29)15(20,21)17(25,26)27)13(31)30(11-7-3-1-4-8-11)12-9-5-2-6-10-12/h1-10H/t14-/m1/s1. The zero-order valence-corrected chi connectivity index (χ0v) is 15.2. The van der Waals surface area contributed by atoms with Crippen LogP contribution < -0.4 is 4.90 Å². The number of amides is 1. The molecule has 0 fully saturated rings. The van der Waals surface area contributed by atoms with Gasteiger partial charge in [0.15, 0.2) is 0 Å². The number of alkyl halides is 11. The monoisotopic (exact) mass is 481 g/mol. The van der Waals surface area contributed by atoms with E-state index < -0.39 is 47.5 Å². The van der Waals surface area contributed by atoms with Crippen LogP contribution in [0.2, 0.25) is 0 Å². The molecule has 0 spiro atoms. The van der Waals surface area contributed by atoms with Crippen molar-refractivity contribution in [3.8, 4) is 0 Å². The molecule has 0 aromatic heterocycles. The van der Waals surface area contributed by atoms with Crippen LogP contribution in [0.3, 0.4) is 0 Å². The molecule has 1 amide bonds. The Morgan fingerprint density at radius 3 is 1.31 bits per heavy atom. The largest absolute Gasteiger partial charge is 0.462 e. The van der Waals surface area contributed by atoms with Crippen LogP contribution in [0.25, 0.3) is 0 Å². The van der Waals surface area contributed by atoms with Crippen molar-refractivity contribution in [3.05, 3.63) is 60.7 Å². The highest BCUT2D eigenvalue weighted by Gasteiger charge is 2.80. The minimum absolute atomic E-state index is 0.157. The molecule has 2 aromatic carbocycles. The Balaban J connectivity index is 2.66. The average Bonchev–Trinajstić information content (AvgIpc) is 2.67. The molecule has 0 saturated heterocycles. The summed E-state index contributed by atoms with van der Waals surface area (Å²) in [4.78, 5) is 12.4. The van der Waals surface area contributed by atoms with Gasteiger partial charge in [-0.1, -0.05) is 36.4 Å². The van der Waals surface area contributed by atoms with E-state index in [2.05, 4.69) is 4.74 Å². The third kappa shape index (κ3) is 4.49. The highest BCUT2D eigenvalue weighted by Crippen LogP contribution is 2.51. The normalized spacial score (nSPS) is 15.2. The van der Waals surface area contributed by atoms with E-state index in [-0.39, 0.29) is 4.90 Å². The maximum absolute atomic E-state index is 14.8. The van der Waals surface area contributed by atoms with Gasteiger partial charge in [-0.05, 0) is 24.3 Å². The SMILES string of the molecule is O=C(N(c1ccccc1)c1ccccc1)[C@@](F)(OC(F)(F)C(F)(F)C(F)(F)F)C(F)(F)F. The number of carbonyl (C=O) groups excluding carboxylic acids is 1. The van der Waals surface area contributed by atoms with Crippen LogP contribution >= 0.6 is 0 Å². The van der Waals surface area contributed by atoms with E-state index in [0.29, 0.717) is 0 Å². The van der Waals surface area contributed by atoms with E-state index in [0.717, 1.165) is 48.5 Å². The molecule has 0 unspecified atom stereocenters. The van der Waals surface area contributed by atoms with Crippen LogP contribution in [0, 0.1) is 0 Å². The van der Waals surface area contributed by atoms with Gasteiger partial charge >= 0.3 is 36.1 Å². The van der Waals surface area contributed by atoms with Crippen molar-refractivity contribution >= 4 is 17.3 Å². The summed E-state index contributed by atoms with van der Waals surface area (Å²) in [5, 5.41) is 0. The minimum atomic E-state index is -7.27. The number of para-hydroxylation sites is 2. The molecule has 0 aliphatic heterocycles. The van der Waals surface area contributed by atoms with Crippen LogP contribution in [0.15, 0.2) is 60.7 Å². The highest BCUT2D eigenvalue weighted by atomic mass is 19.4. The van der Waals surface area contributed by atoms with E-state index in [1.807, 2.05) is 0 Å². The highest BCUT2D eigenvalue weighted by molar-refractivity contribution is 6.05. The fourth-order valence-corrected chi connectivity index (χ4v) is 2.31. The molecule has 3 nitrogen and oxygen atoms in total. The van der Waals surface area contributed by atoms with E-state index >= 15 is 0 Å². The molecule has 0 aliphatic carbocycles. The summed E-state index contributed by atoms with van der Waals surface area (Å²) in [6.45, 7) is 0. The van der Waals surface area contributed by atoms with Gasteiger partial charge in [0, 0.05) is 11.4 Å². The molecule has 0 N–H and O–H groups in total. The molecule has 0 bridgehead atoms. The van der Waals surface area contributed by atoms with Crippen molar-refractivity contribution < 1.29 is 57.8 Å².